The van der Waals surface area contributed by atoms with Crippen molar-refractivity contribution in [1.29, 1.82) is 0 Å². The van der Waals surface area contributed by atoms with Gasteiger partial charge in [-0.1, -0.05) is 66.2 Å². The van der Waals surface area contributed by atoms with Gasteiger partial charge in [0.05, 0.1) is 29.5 Å². The number of ether oxygens (including phenoxy) is 1. The van der Waals surface area contributed by atoms with Gasteiger partial charge in [-0.2, -0.15) is 13.2 Å². The number of fused-ring (bicyclic) bond motifs is 1. The highest BCUT2D eigenvalue weighted by Gasteiger charge is 2.48. The second-order valence-corrected chi connectivity index (χ2v) is 21.6. The molecule has 0 amide bonds. The number of alkyl halides is 3. The van der Waals surface area contributed by atoms with Crippen molar-refractivity contribution in [2.75, 3.05) is 68.3 Å². The summed E-state index contributed by atoms with van der Waals surface area (Å²) in [6, 6.07) is 28.3. The molecule has 19 heteroatoms. The second-order valence-electron chi connectivity index (χ2n) is 16.5. The fourth-order valence-electron chi connectivity index (χ4n) is 8.64. The van der Waals surface area contributed by atoms with E-state index < -0.39 is 41.2 Å². The van der Waals surface area contributed by atoms with E-state index in [1.807, 2.05) is 60.7 Å². The van der Waals surface area contributed by atoms with Crippen LogP contribution in [0.1, 0.15) is 36.1 Å². The van der Waals surface area contributed by atoms with E-state index in [1.54, 1.807) is 0 Å². The zero-order valence-corrected chi connectivity index (χ0v) is 38.8. The Kier molecular flexibility index (Phi) is 15.1. The molecule has 65 heavy (non-hydrogen) atoms. The highest BCUT2D eigenvalue weighted by molar-refractivity contribution is 7.99. The topological polar surface area (TPSA) is 137 Å². The summed E-state index contributed by atoms with van der Waals surface area (Å²) in [5.74, 6) is 0.407. The van der Waals surface area contributed by atoms with Crippen LogP contribution in [0.2, 0.25) is 5.02 Å². The van der Waals surface area contributed by atoms with Gasteiger partial charge in [0.15, 0.2) is 0 Å². The first kappa shape index (κ1) is 47.2. The van der Waals surface area contributed by atoms with Crippen molar-refractivity contribution < 1.29 is 34.7 Å². The number of aromatic nitrogens is 2. The van der Waals surface area contributed by atoms with E-state index in [1.165, 1.54) is 29.2 Å². The number of anilines is 2. The number of nitrogens with zero attached hydrogens (tertiary/aromatic N) is 5. The van der Waals surface area contributed by atoms with Crippen LogP contribution in [0.15, 0.2) is 118 Å². The van der Waals surface area contributed by atoms with E-state index in [4.69, 9.17) is 16.3 Å². The van der Waals surface area contributed by atoms with Crippen LogP contribution >= 0.6 is 23.4 Å². The molecule has 0 aliphatic carbocycles. The Labute approximate surface area is 387 Å². The number of benzene rings is 4. The number of morpholine rings is 1. The lowest BCUT2D eigenvalue weighted by atomic mass is 9.96. The van der Waals surface area contributed by atoms with Gasteiger partial charge in [0.1, 0.15) is 17.0 Å². The molecule has 0 radical (unpaired) electrons. The number of sulfone groups is 1. The standard InChI is InChI=1S/C46H51ClF3N7O5S3/c47-35-12-10-33(11-13-35)40-9-5-4-6-34(40)29-56-21-17-37(18-22-56)57-23-19-41-43(30-57)51-32-52-45(41)54-65(60,61)39-14-15-42(44(28-39)64(58,59)46(48,49)50)53-36(16-20-55-24-26-62-27-25-55)31-63-38-7-2-1-3-8-38/h1-15,28,32,36-37,53H,16-27,29-31H2,(H,51,52,54). The van der Waals surface area contributed by atoms with Gasteiger partial charge in [-0.3, -0.25) is 19.4 Å². The van der Waals surface area contributed by atoms with E-state index in [9.17, 15) is 30.0 Å². The summed E-state index contributed by atoms with van der Waals surface area (Å²) in [5.41, 5.74) is -1.25. The minimum Gasteiger partial charge on any atom is -0.380 e. The Morgan fingerprint density at radius 2 is 1.57 bits per heavy atom. The van der Waals surface area contributed by atoms with Crippen LogP contribution < -0.4 is 10.0 Å². The van der Waals surface area contributed by atoms with Crippen molar-refractivity contribution in [3.05, 3.63) is 125 Å². The Hall–Kier alpha value is -4.27. The van der Waals surface area contributed by atoms with Crippen LogP contribution in [0.4, 0.5) is 24.7 Å². The van der Waals surface area contributed by atoms with Crippen LogP contribution in [0, 0.1) is 0 Å². The number of hydrogen-bond acceptors (Lipinski definition) is 12. The summed E-state index contributed by atoms with van der Waals surface area (Å²) in [6.07, 6.45) is 4.06. The highest BCUT2D eigenvalue weighted by Crippen LogP contribution is 2.38. The summed E-state index contributed by atoms with van der Waals surface area (Å²) < 4.78 is 105. The smallest absolute Gasteiger partial charge is 0.380 e. The Morgan fingerprint density at radius 3 is 2.31 bits per heavy atom. The molecule has 0 saturated carbocycles. The number of hydrogen-bond donors (Lipinski definition) is 2. The summed E-state index contributed by atoms with van der Waals surface area (Å²) in [5, 5.41) is 3.75. The number of sulfonamides is 1. The van der Waals surface area contributed by atoms with E-state index in [-0.39, 0.29) is 17.5 Å². The lowest BCUT2D eigenvalue weighted by Gasteiger charge is -2.40. The van der Waals surface area contributed by atoms with Gasteiger partial charge in [-0.15, -0.1) is 11.8 Å². The molecule has 8 rings (SSSR count). The molecule has 3 aliphatic heterocycles. The maximum absolute atomic E-state index is 14.3. The molecular weight excluding hydrogens is 919 g/mol. The first-order valence-corrected chi connectivity index (χ1v) is 25.9. The minimum atomic E-state index is -6.00. The molecule has 5 aromatic rings. The maximum atomic E-state index is 14.3. The average Bonchev–Trinajstić information content (AvgIpc) is 3.31. The van der Waals surface area contributed by atoms with Crippen molar-refractivity contribution in [2.45, 2.75) is 71.1 Å². The lowest BCUT2D eigenvalue weighted by Crippen LogP contribution is -2.46. The number of nitrogens with one attached hydrogen (secondary N) is 2. The predicted molar refractivity (Wildman–Crippen MR) is 248 cm³/mol. The van der Waals surface area contributed by atoms with E-state index >= 15 is 0 Å². The first-order valence-electron chi connectivity index (χ1n) is 21.6. The van der Waals surface area contributed by atoms with Gasteiger partial charge in [0, 0.05) is 72.6 Å². The molecule has 1 atom stereocenters. The van der Waals surface area contributed by atoms with Crippen LogP contribution in [0.25, 0.3) is 11.1 Å². The van der Waals surface area contributed by atoms with Crippen molar-refractivity contribution in [2.24, 2.45) is 0 Å². The molecule has 4 heterocycles. The molecular formula is C46H51ClF3N7O5S3. The monoisotopic (exact) mass is 969 g/mol. The number of rotatable bonds is 16. The SMILES string of the molecule is O=S(=O)(Nc1ncnc2c1CCN(C1CCN(Cc3ccccc3-c3ccc(Cl)cc3)CC1)C2)c1ccc(NC(CCN2CCOCC2)CSc2ccccc2)c(S(=O)(=O)C(F)(F)F)c1. The lowest BCUT2D eigenvalue weighted by molar-refractivity contribution is -0.0435. The first-order chi connectivity index (χ1) is 31.2. The number of likely N-dealkylation sites (tertiary alicyclic amines) is 1. The number of piperidine rings is 1. The number of thioether (sulfide) groups is 1. The van der Waals surface area contributed by atoms with Crippen LogP contribution in [0.3, 0.4) is 0 Å². The van der Waals surface area contributed by atoms with Crippen molar-refractivity contribution in [1.82, 2.24) is 24.7 Å². The molecule has 0 bridgehead atoms. The van der Waals surface area contributed by atoms with Gasteiger partial charge < -0.3 is 10.1 Å². The molecule has 2 saturated heterocycles. The predicted octanol–water partition coefficient (Wildman–Crippen LogP) is 8.21. The van der Waals surface area contributed by atoms with Gasteiger partial charge in [-0.05, 0) is 97.9 Å². The summed E-state index contributed by atoms with van der Waals surface area (Å²) >= 11 is 7.62. The third-order valence-electron chi connectivity index (χ3n) is 12.2. The molecule has 1 aromatic heterocycles. The van der Waals surface area contributed by atoms with E-state index in [0.29, 0.717) is 86.9 Å². The van der Waals surface area contributed by atoms with Gasteiger partial charge >= 0.3 is 5.51 Å². The van der Waals surface area contributed by atoms with Crippen LogP contribution in [0.5, 0.6) is 0 Å². The summed E-state index contributed by atoms with van der Waals surface area (Å²) in [7, 11) is -10.6. The molecule has 1 unspecified atom stereocenters. The normalized spacial score (nSPS) is 17.7. The van der Waals surface area contributed by atoms with Gasteiger partial charge in [0.2, 0.25) is 0 Å². The zero-order valence-electron chi connectivity index (χ0n) is 35.6. The second kappa shape index (κ2) is 20.7. The van der Waals surface area contributed by atoms with E-state index in [2.05, 4.69) is 52.9 Å². The molecule has 3 aliphatic rings. The van der Waals surface area contributed by atoms with Crippen LogP contribution in [-0.4, -0.2) is 117 Å². The summed E-state index contributed by atoms with van der Waals surface area (Å²) in [4.78, 5) is 14.9. The average molecular weight is 971 g/mol. The van der Waals surface area contributed by atoms with Crippen LogP contribution in [-0.2, 0) is 44.1 Å². The van der Waals surface area contributed by atoms with Crippen molar-refractivity contribution in [3.8, 4) is 11.1 Å². The molecule has 0 spiro atoms. The molecule has 346 valence electrons. The van der Waals surface area contributed by atoms with Gasteiger partial charge in [0.25, 0.3) is 19.9 Å². The molecule has 12 nitrogen and oxygen atoms in total. The van der Waals surface area contributed by atoms with E-state index in [0.717, 1.165) is 55.1 Å². The fourth-order valence-corrected chi connectivity index (χ4v) is 11.9. The summed E-state index contributed by atoms with van der Waals surface area (Å²) in [6.45, 7) is 6.84. The third kappa shape index (κ3) is 11.6. The largest absolute Gasteiger partial charge is 0.501 e. The number of halogens is 4. The highest BCUT2D eigenvalue weighted by atomic mass is 35.5. The fraction of sp³-hybridized carbons (Fsp3) is 0.391. The Balaban J connectivity index is 0.952. The quantitative estimate of drug-likeness (QED) is 0.0923. The molecule has 2 fully saturated rings. The maximum Gasteiger partial charge on any atom is 0.501 e. The van der Waals surface area contributed by atoms with Gasteiger partial charge in [-0.25, -0.2) is 26.8 Å². The zero-order chi connectivity index (χ0) is 45.6. The third-order valence-corrected chi connectivity index (χ3v) is 16.5. The van der Waals surface area contributed by atoms with Crippen molar-refractivity contribution >= 4 is 54.7 Å². The Bertz CT molecular complexity index is 2640. The Morgan fingerprint density at radius 1 is 0.846 bits per heavy atom. The minimum absolute atomic E-state index is 0.00682. The molecule has 2 N–H and O–H groups in total. The molecule has 4 aromatic carbocycles. The van der Waals surface area contributed by atoms with Crippen molar-refractivity contribution in [3.63, 3.8) is 0 Å².